The Morgan fingerprint density at radius 3 is 2.06 bits per heavy atom. The third-order valence-electron chi connectivity index (χ3n) is 3.63. The zero-order valence-corrected chi connectivity index (χ0v) is 12.5. The van der Waals surface area contributed by atoms with Crippen LogP contribution in [0.2, 0.25) is 0 Å². The highest BCUT2D eigenvalue weighted by Crippen LogP contribution is 2.11. The van der Waals surface area contributed by atoms with Gasteiger partial charge >= 0.3 is 0 Å². The van der Waals surface area contributed by atoms with Gasteiger partial charge in [0, 0.05) is 12.8 Å². The lowest BCUT2D eigenvalue weighted by atomic mass is 10.0. The van der Waals surface area contributed by atoms with Crippen LogP contribution >= 0.6 is 0 Å². The largest absolute Gasteiger partial charge is 0.330 e. The molecule has 0 fully saturated rings. The van der Waals surface area contributed by atoms with Crippen molar-refractivity contribution in [2.24, 2.45) is 11.7 Å². The van der Waals surface area contributed by atoms with Crippen molar-refractivity contribution in [1.82, 2.24) is 0 Å². The van der Waals surface area contributed by atoms with Crippen molar-refractivity contribution >= 4 is 5.78 Å². The van der Waals surface area contributed by atoms with Crippen molar-refractivity contribution in [3.63, 3.8) is 0 Å². The van der Waals surface area contributed by atoms with Gasteiger partial charge in [0.15, 0.2) is 0 Å². The molecule has 0 saturated carbocycles. The summed E-state index contributed by atoms with van der Waals surface area (Å²) in [7, 11) is 0. The first-order valence-electron chi connectivity index (χ1n) is 7.92. The van der Waals surface area contributed by atoms with Crippen LogP contribution in [0.1, 0.15) is 84.5 Å². The molecule has 0 aliphatic heterocycles. The number of Topliss-reactive ketones (excluding diaryl/α,β-unsaturated/α-hetero) is 1. The minimum Gasteiger partial charge on any atom is -0.330 e. The maximum atomic E-state index is 11.6. The predicted octanol–water partition coefficient (Wildman–Crippen LogP) is 4.46. The predicted molar refractivity (Wildman–Crippen MR) is 79.7 cm³/mol. The normalized spacial score (nSPS) is 12.6. The molecule has 0 aromatic heterocycles. The van der Waals surface area contributed by atoms with Gasteiger partial charge in [-0.3, -0.25) is 4.79 Å². The van der Waals surface area contributed by atoms with E-state index < -0.39 is 0 Å². The van der Waals surface area contributed by atoms with Gasteiger partial charge in [0.25, 0.3) is 0 Å². The number of rotatable bonds is 13. The van der Waals surface area contributed by atoms with E-state index in [0.29, 0.717) is 18.2 Å². The Bertz CT molecular complexity index is 192. The average molecular weight is 255 g/mol. The Morgan fingerprint density at radius 1 is 0.944 bits per heavy atom. The van der Waals surface area contributed by atoms with E-state index in [0.717, 1.165) is 25.7 Å². The molecule has 0 bridgehead atoms. The lowest BCUT2D eigenvalue weighted by molar-refractivity contribution is -0.119. The quantitative estimate of drug-likeness (QED) is 0.494. The molecule has 1 unspecified atom stereocenters. The van der Waals surface area contributed by atoms with E-state index in [-0.39, 0.29) is 0 Å². The van der Waals surface area contributed by atoms with E-state index >= 15 is 0 Å². The molecule has 0 aromatic carbocycles. The van der Waals surface area contributed by atoms with Gasteiger partial charge in [0.05, 0.1) is 0 Å². The molecule has 1 atom stereocenters. The topological polar surface area (TPSA) is 43.1 Å². The summed E-state index contributed by atoms with van der Waals surface area (Å²) in [6.07, 6.45) is 12.9. The Hall–Kier alpha value is -0.370. The monoisotopic (exact) mass is 255 g/mol. The molecular weight excluding hydrogens is 222 g/mol. The fourth-order valence-electron chi connectivity index (χ4n) is 2.11. The molecule has 0 radical (unpaired) electrons. The Morgan fingerprint density at radius 2 is 1.50 bits per heavy atom. The van der Waals surface area contributed by atoms with E-state index in [1.807, 2.05) is 0 Å². The van der Waals surface area contributed by atoms with Crippen LogP contribution in [0.5, 0.6) is 0 Å². The van der Waals surface area contributed by atoms with Gasteiger partial charge in [0.1, 0.15) is 5.78 Å². The van der Waals surface area contributed by atoms with E-state index in [1.54, 1.807) is 0 Å². The van der Waals surface area contributed by atoms with Crippen LogP contribution in [0, 0.1) is 5.92 Å². The van der Waals surface area contributed by atoms with Crippen LogP contribution < -0.4 is 5.73 Å². The van der Waals surface area contributed by atoms with Crippen LogP contribution in [0.25, 0.3) is 0 Å². The summed E-state index contributed by atoms with van der Waals surface area (Å²) in [6, 6.07) is 0. The highest BCUT2D eigenvalue weighted by Gasteiger charge is 2.05. The molecule has 0 heterocycles. The number of nitrogens with two attached hydrogens (primary N) is 1. The van der Waals surface area contributed by atoms with Gasteiger partial charge in [-0.2, -0.15) is 0 Å². The zero-order chi connectivity index (χ0) is 13.6. The first-order valence-corrected chi connectivity index (χ1v) is 7.92. The van der Waals surface area contributed by atoms with Crippen LogP contribution in [0.3, 0.4) is 0 Å². The summed E-state index contributed by atoms with van der Waals surface area (Å²) in [5, 5.41) is 0. The van der Waals surface area contributed by atoms with Gasteiger partial charge < -0.3 is 5.73 Å². The average Bonchev–Trinajstić information content (AvgIpc) is 2.39. The Labute approximate surface area is 114 Å². The van der Waals surface area contributed by atoms with E-state index in [1.165, 1.54) is 44.9 Å². The maximum Gasteiger partial charge on any atom is 0.132 e. The molecule has 2 N–H and O–H groups in total. The molecule has 0 spiro atoms. The van der Waals surface area contributed by atoms with Crippen molar-refractivity contribution in [1.29, 1.82) is 0 Å². The summed E-state index contributed by atoms with van der Waals surface area (Å²) in [4.78, 5) is 11.6. The van der Waals surface area contributed by atoms with Crippen LogP contribution in [0.4, 0.5) is 0 Å². The number of hydrogen-bond donors (Lipinski definition) is 1. The summed E-state index contributed by atoms with van der Waals surface area (Å²) in [5.74, 6) is 0.925. The highest BCUT2D eigenvalue weighted by molar-refractivity contribution is 5.78. The third-order valence-corrected chi connectivity index (χ3v) is 3.63. The first-order chi connectivity index (χ1) is 8.70. The van der Waals surface area contributed by atoms with Crippen molar-refractivity contribution in [2.75, 3.05) is 6.54 Å². The SMILES string of the molecule is CCCCCCCCCCC(=O)CCC(C)CN. The second-order valence-electron chi connectivity index (χ2n) is 5.64. The van der Waals surface area contributed by atoms with Crippen molar-refractivity contribution in [2.45, 2.75) is 84.5 Å². The van der Waals surface area contributed by atoms with Crippen LogP contribution in [-0.2, 0) is 4.79 Å². The second kappa shape index (κ2) is 13.1. The first kappa shape index (κ1) is 17.6. The summed E-state index contributed by atoms with van der Waals surface area (Å²) in [6.45, 7) is 5.06. The van der Waals surface area contributed by atoms with Gasteiger partial charge in [-0.05, 0) is 25.3 Å². The second-order valence-corrected chi connectivity index (χ2v) is 5.64. The fourth-order valence-corrected chi connectivity index (χ4v) is 2.11. The minimum absolute atomic E-state index is 0.432. The van der Waals surface area contributed by atoms with Gasteiger partial charge in [-0.1, -0.05) is 58.8 Å². The third kappa shape index (κ3) is 12.1. The van der Waals surface area contributed by atoms with Gasteiger partial charge in [0.2, 0.25) is 0 Å². The summed E-state index contributed by atoms with van der Waals surface area (Å²) < 4.78 is 0. The molecule has 18 heavy (non-hydrogen) atoms. The lowest BCUT2D eigenvalue weighted by Gasteiger charge is -2.07. The molecule has 2 heteroatoms. The van der Waals surface area contributed by atoms with Crippen molar-refractivity contribution in [3.05, 3.63) is 0 Å². The number of carbonyl (C=O) groups excluding carboxylic acids is 1. The molecule has 0 aliphatic carbocycles. The molecule has 108 valence electrons. The number of carbonyl (C=O) groups is 1. The van der Waals surface area contributed by atoms with Crippen molar-refractivity contribution in [3.8, 4) is 0 Å². The zero-order valence-electron chi connectivity index (χ0n) is 12.5. The lowest BCUT2D eigenvalue weighted by Crippen LogP contribution is -2.12. The fraction of sp³-hybridized carbons (Fsp3) is 0.938. The van der Waals surface area contributed by atoms with Gasteiger partial charge in [-0.15, -0.1) is 0 Å². The summed E-state index contributed by atoms with van der Waals surface area (Å²) >= 11 is 0. The van der Waals surface area contributed by atoms with Crippen LogP contribution in [-0.4, -0.2) is 12.3 Å². The summed E-state index contributed by atoms with van der Waals surface area (Å²) in [5.41, 5.74) is 5.54. The molecule has 0 aliphatic rings. The minimum atomic E-state index is 0.432. The van der Waals surface area contributed by atoms with Crippen molar-refractivity contribution < 1.29 is 4.79 Å². The van der Waals surface area contributed by atoms with Crippen LogP contribution in [0.15, 0.2) is 0 Å². The molecule has 0 amide bonds. The molecular formula is C16H33NO. The number of unbranched alkanes of at least 4 members (excludes halogenated alkanes) is 7. The Kier molecular flexibility index (Phi) is 12.8. The molecule has 0 aromatic rings. The molecule has 0 saturated heterocycles. The number of ketones is 1. The van der Waals surface area contributed by atoms with E-state index in [4.69, 9.17) is 5.73 Å². The molecule has 2 nitrogen and oxygen atoms in total. The number of hydrogen-bond acceptors (Lipinski definition) is 2. The highest BCUT2D eigenvalue weighted by atomic mass is 16.1. The standard InChI is InChI=1S/C16H33NO/c1-3-4-5-6-7-8-9-10-11-16(18)13-12-15(2)14-17/h15H,3-14,17H2,1-2H3. The van der Waals surface area contributed by atoms with E-state index in [2.05, 4.69) is 13.8 Å². The smallest absolute Gasteiger partial charge is 0.132 e. The molecule has 0 rings (SSSR count). The van der Waals surface area contributed by atoms with Gasteiger partial charge in [-0.25, -0.2) is 0 Å². The van der Waals surface area contributed by atoms with E-state index in [9.17, 15) is 4.79 Å². The maximum absolute atomic E-state index is 11.6. The Balaban J connectivity index is 3.20.